The van der Waals surface area contributed by atoms with Gasteiger partial charge in [-0.15, -0.1) is 6.58 Å². The quantitative estimate of drug-likeness (QED) is 0.209. The monoisotopic (exact) mass is 418 g/mol. The van der Waals surface area contributed by atoms with Crippen molar-refractivity contribution in [2.45, 2.75) is 82.9 Å². The van der Waals surface area contributed by atoms with Crippen molar-refractivity contribution in [2.75, 3.05) is 6.61 Å². The minimum absolute atomic E-state index is 0.00348. The third-order valence-corrected chi connectivity index (χ3v) is 16.7. The molecule has 0 N–H and O–H groups in total. The lowest BCUT2D eigenvalue weighted by molar-refractivity contribution is 0.0892. The van der Waals surface area contributed by atoms with Crippen molar-refractivity contribution >= 4 is 21.6 Å². The van der Waals surface area contributed by atoms with Crippen LogP contribution in [-0.4, -0.2) is 29.1 Å². The van der Waals surface area contributed by atoms with E-state index in [-0.39, 0.29) is 11.6 Å². The average molecular weight is 419 g/mol. The van der Waals surface area contributed by atoms with Gasteiger partial charge in [-0.25, -0.2) is 0 Å². The van der Waals surface area contributed by atoms with Crippen molar-refractivity contribution in [1.29, 1.82) is 0 Å². The molecule has 1 aromatic carbocycles. The zero-order valence-corrected chi connectivity index (χ0v) is 21.4. The standard InChI is InChI=1S/C24H42O2Si2/c1-11-24(27(9,10)22-16-14-13-15-17-22)23(18-25-12-2)26-28(19(3)4,20(5)6)21(7)8/h11-17,19-21,23-24H,1-2,18H2,3-10H3/t23-,24+/m1/s1. The first-order valence-corrected chi connectivity index (χ1v) is 15.9. The molecule has 1 aromatic rings. The van der Waals surface area contributed by atoms with E-state index in [0.717, 1.165) is 0 Å². The van der Waals surface area contributed by atoms with Crippen LogP contribution >= 0.6 is 0 Å². The highest BCUT2D eigenvalue weighted by molar-refractivity contribution is 6.91. The fourth-order valence-corrected chi connectivity index (χ4v) is 13.8. The maximum absolute atomic E-state index is 7.22. The van der Waals surface area contributed by atoms with Crippen LogP contribution in [0.15, 0.2) is 55.8 Å². The van der Waals surface area contributed by atoms with Crippen LogP contribution in [0.2, 0.25) is 35.3 Å². The largest absolute Gasteiger partial charge is 0.499 e. The predicted molar refractivity (Wildman–Crippen MR) is 130 cm³/mol. The minimum atomic E-state index is -2.04. The molecule has 0 aromatic heterocycles. The third-order valence-electron chi connectivity index (χ3n) is 6.45. The van der Waals surface area contributed by atoms with E-state index >= 15 is 0 Å². The van der Waals surface area contributed by atoms with Crippen LogP contribution in [-0.2, 0) is 9.16 Å². The van der Waals surface area contributed by atoms with Gasteiger partial charge in [0.1, 0.15) is 6.61 Å². The Morgan fingerprint density at radius 1 is 0.893 bits per heavy atom. The molecule has 0 spiro atoms. The van der Waals surface area contributed by atoms with Gasteiger partial charge in [-0.1, -0.05) is 103 Å². The summed E-state index contributed by atoms with van der Waals surface area (Å²) < 4.78 is 12.9. The van der Waals surface area contributed by atoms with E-state index in [1.54, 1.807) is 0 Å². The van der Waals surface area contributed by atoms with E-state index in [1.165, 1.54) is 11.4 Å². The van der Waals surface area contributed by atoms with Gasteiger partial charge in [0.05, 0.1) is 20.4 Å². The van der Waals surface area contributed by atoms with Gasteiger partial charge < -0.3 is 9.16 Å². The van der Waals surface area contributed by atoms with Crippen LogP contribution in [0.4, 0.5) is 0 Å². The zero-order valence-electron chi connectivity index (χ0n) is 19.4. The van der Waals surface area contributed by atoms with Crippen molar-refractivity contribution in [3.8, 4) is 0 Å². The second-order valence-electron chi connectivity index (χ2n) is 9.32. The molecule has 0 fully saturated rings. The van der Waals surface area contributed by atoms with Crippen LogP contribution in [0.1, 0.15) is 41.5 Å². The lowest BCUT2D eigenvalue weighted by atomic mass is 10.2. The molecule has 0 amide bonds. The Morgan fingerprint density at radius 3 is 1.79 bits per heavy atom. The summed E-state index contributed by atoms with van der Waals surface area (Å²) >= 11 is 0. The normalized spacial score (nSPS) is 15.0. The summed E-state index contributed by atoms with van der Waals surface area (Å²) in [7, 11) is -3.90. The first-order valence-electron chi connectivity index (χ1n) is 10.6. The molecule has 1 rings (SSSR count). The van der Waals surface area contributed by atoms with Gasteiger partial charge in [-0.3, -0.25) is 0 Å². The smallest absolute Gasteiger partial charge is 0.200 e. The first kappa shape index (κ1) is 24.9. The summed E-state index contributed by atoms with van der Waals surface area (Å²) in [6.45, 7) is 27.4. The van der Waals surface area contributed by atoms with E-state index in [0.29, 0.717) is 23.2 Å². The molecule has 4 heteroatoms. The fourth-order valence-electron chi connectivity index (χ4n) is 5.02. The summed E-state index contributed by atoms with van der Waals surface area (Å²) in [5, 5.41) is 1.43. The molecule has 0 aliphatic carbocycles. The molecule has 0 radical (unpaired) electrons. The molecular formula is C24H42O2Si2. The number of benzene rings is 1. The zero-order chi connectivity index (χ0) is 21.5. The van der Waals surface area contributed by atoms with E-state index < -0.39 is 16.4 Å². The Bertz CT molecular complexity index is 587. The second kappa shape index (κ2) is 10.6. The topological polar surface area (TPSA) is 18.5 Å². The van der Waals surface area contributed by atoms with Crippen molar-refractivity contribution in [2.24, 2.45) is 0 Å². The molecule has 158 valence electrons. The fraction of sp³-hybridized carbons (Fsp3) is 0.583. The lowest BCUT2D eigenvalue weighted by Crippen LogP contribution is -2.56. The van der Waals surface area contributed by atoms with Gasteiger partial charge in [-0.05, 0) is 16.6 Å². The summed E-state index contributed by atoms with van der Waals surface area (Å²) in [6.07, 6.45) is 3.66. The molecular weight excluding hydrogens is 376 g/mol. The highest BCUT2D eigenvalue weighted by atomic mass is 28.4. The Labute approximate surface area is 176 Å². The first-order chi connectivity index (χ1) is 13.0. The number of hydrogen-bond donors (Lipinski definition) is 0. The molecule has 2 atom stereocenters. The Kier molecular flexibility index (Phi) is 9.44. The van der Waals surface area contributed by atoms with Crippen LogP contribution in [0.5, 0.6) is 0 Å². The van der Waals surface area contributed by atoms with Gasteiger partial charge in [0.25, 0.3) is 0 Å². The lowest BCUT2D eigenvalue weighted by Gasteiger charge is -2.47. The van der Waals surface area contributed by atoms with Gasteiger partial charge in [0.15, 0.2) is 0 Å². The SMILES string of the molecule is C=COC[C@@H](O[Si](C(C)C)(C(C)C)C(C)C)[C@H](C=C)[Si](C)(C)c1ccccc1. The summed E-state index contributed by atoms with van der Waals surface area (Å²) in [5.74, 6) is 0. The summed E-state index contributed by atoms with van der Waals surface area (Å²) in [6, 6.07) is 10.9. The van der Waals surface area contributed by atoms with Crippen molar-refractivity contribution in [3.63, 3.8) is 0 Å². The summed E-state index contributed by atoms with van der Waals surface area (Å²) in [4.78, 5) is 0. The highest BCUT2D eigenvalue weighted by Crippen LogP contribution is 2.45. The Morgan fingerprint density at radius 2 is 1.39 bits per heavy atom. The van der Waals surface area contributed by atoms with E-state index in [2.05, 4.69) is 104 Å². The van der Waals surface area contributed by atoms with E-state index in [9.17, 15) is 0 Å². The number of hydrogen-bond acceptors (Lipinski definition) is 2. The van der Waals surface area contributed by atoms with Crippen LogP contribution in [0.3, 0.4) is 0 Å². The van der Waals surface area contributed by atoms with Crippen molar-refractivity contribution in [3.05, 3.63) is 55.8 Å². The molecule has 0 heterocycles. The molecule has 0 aliphatic rings. The van der Waals surface area contributed by atoms with E-state index in [4.69, 9.17) is 9.16 Å². The van der Waals surface area contributed by atoms with Crippen LogP contribution in [0, 0.1) is 0 Å². The van der Waals surface area contributed by atoms with Crippen LogP contribution in [0.25, 0.3) is 0 Å². The van der Waals surface area contributed by atoms with Crippen LogP contribution < -0.4 is 5.19 Å². The van der Waals surface area contributed by atoms with Gasteiger partial charge in [-0.2, -0.15) is 0 Å². The van der Waals surface area contributed by atoms with Gasteiger partial charge >= 0.3 is 0 Å². The summed E-state index contributed by atoms with van der Waals surface area (Å²) in [5.41, 5.74) is 1.86. The maximum atomic E-state index is 7.22. The Hall–Kier alpha value is -1.11. The average Bonchev–Trinajstić information content (AvgIpc) is 2.63. The van der Waals surface area contributed by atoms with Gasteiger partial charge in [0, 0.05) is 5.54 Å². The highest BCUT2D eigenvalue weighted by Gasteiger charge is 2.49. The van der Waals surface area contributed by atoms with Gasteiger partial charge in [0.2, 0.25) is 8.32 Å². The Balaban J connectivity index is 3.41. The third kappa shape index (κ3) is 5.28. The molecule has 28 heavy (non-hydrogen) atoms. The molecule has 0 bridgehead atoms. The number of ether oxygens (including phenoxy) is 1. The van der Waals surface area contributed by atoms with Crippen molar-refractivity contribution in [1.82, 2.24) is 0 Å². The van der Waals surface area contributed by atoms with E-state index in [1.807, 2.05) is 0 Å². The molecule has 0 saturated heterocycles. The molecule has 0 aliphatic heterocycles. The molecule has 0 unspecified atom stereocenters. The number of rotatable bonds is 12. The minimum Gasteiger partial charge on any atom is -0.499 e. The second-order valence-corrected chi connectivity index (χ2v) is 19.4. The molecule has 2 nitrogen and oxygen atoms in total. The predicted octanol–water partition coefficient (Wildman–Crippen LogP) is 6.88. The molecule has 0 saturated carbocycles. The maximum Gasteiger partial charge on any atom is 0.200 e. The van der Waals surface area contributed by atoms with Crippen molar-refractivity contribution < 1.29 is 9.16 Å².